The molecule has 0 fully saturated rings. The van der Waals surface area contributed by atoms with Crippen LogP contribution < -0.4 is 10.1 Å². The Balaban J connectivity index is 1.91. The summed E-state index contributed by atoms with van der Waals surface area (Å²) < 4.78 is 5.87. The van der Waals surface area contributed by atoms with E-state index in [1.54, 1.807) is 60.7 Å². The van der Waals surface area contributed by atoms with E-state index in [-0.39, 0.29) is 16.9 Å². The number of anilines is 1. The zero-order valence-corrected chi connectivity index (χ0v) is 16.8. The van der Waals surface area contributed by atoms with Crippen molar-refractivity contribution in [1.29, 1.82) is 21.0 Å². The fourth-order valence-corrected chi connectivity index (χ4v) is 2.86. The Hall–Kier alpha value is -5.30. The molecule has 0 amide bonds. The molecule has 0 radical (unpaired) electrons. The van der Waals surface area contributed by atoms with Crippen LogP contribution in [-0.2, 0) is 0 Å². The van der Waals surface area contributed by atoms with E-state index in [0.717, 1.165) is 0 Å². The van der Waals surface area contributed by atoms with Crippen LogP contribution in [0.1, 0.15) is 11.1 Å². The zero-order chi connectivity index (χ0) is 22.8. The normalized spacial score (nSPS) is 9.12. The molecule has 0 aromatic heterocycles. The van der Waals surface area contributed by atoms with Gasteiger partial charge in [-0.15, -0.1) is 0 Å². The largest absolute Gasteiger partial charge is 0.455 e. The van der Waals surface area contributed by atoms with Crippen molar-refractivity contribution in [3.05, 3.63) is 107 Å². The van der Waals surface area contributed by atoms with E-state index >= 15 is 0 Å². The van der Waals surface area contributed by atoms with Gasteiger partial charge >= 0.3 is 0 Å². The molecule has 3 rings (SSSR count). The highest BCUT2D eigenvalue weighted by Crippen LogP contribution is 2.27. The first-order chi connectivity index (χ1) is 15.7. The molecule has 0 aliphatic rings. The molecule has 3 aromatic carbocycles. The van der Waals surface area contributed by atoms with Gasteiger partial charge in [0, 0.05) is 16.8 Å². The molecule has 0 bridgehead atoms. The Labute approximate surface area is 185 Å². The van der Waals surface area contributed by atoms with Crippen LogP contribution in [-0.4, -0.2) is 0 Å². The Morgan fingerprint density at radius 3 is 1.59 bits per heavy atom. The second-order valence-corrected chi connectivity index (χ2v) is 6.38. The second kappa shape index (κ2) is 10.5. The minimum Gasteiger partial charge on any atom is -0.455 e. The van der Waals surface area contributed by atoms with Crippen LogP contribution >= 0.6 is 0 Å². The molecule has 0 atom stereocenters. The highest BCUT2D eigenvalue weighted by atomic mass is 16.5. The third kappa shape index (κ3) is 5.00. The minimum atomic E-state index is -0.139. The van der Waals surface area contributed by atoms with Crippen molar-refractivity contribution in [2.75, 3.05) is 5.32 Å². The van der Waals surface area contributed by atoms with Crippen molar-refractivity contribution in [2.45, 2.75) is 0 Å². The fourth-order valence-electron chi connectivity index (χ4n) is 2.86. The molecular weight excluding hydrogens is 398 g/mol. The molecule has 6 nitrogen and oxygen atoms in total. The second-order valence-electron chi connectivity index (χ2n) is 6.38. The van der Waals surface area contributed by atoms with Crippen molar-refractivity contribution < 1.29 is 4.74 Å². The molecule has 1 N–H and O–H groups in total. The first-order valence-corrected chi connectivity index (χ1v) is 9.45. The van der Waals surface area contributed by atoms with Gasteiger partial charge < -0.3 is 10.1 Å². The lowest BCUT2D eigenvalue weighted by atomic mass is 10.1. The maximum absolute atomic E-state index is 9.34. The summed E-state index contributed by atoms with van der Waals surface area (Å²) in [5.74, 6) is 0.584. The highest BCUT2D eigenvalue weighted by Gasteiger charge is 2.13. The first kappa shape index (κ1) is 21.4. The van der Waals surface area contributed by atoms with Crippen molar-refractivity contribution in [2.24, 2.45) is 0 Å². The van der Waals surface area contributed by atoms with Gasteiger partial charge in [0.2, 0.25) is 0 Å². The van der Waals surface area contributed by atoms with E-state index in [1.165, 1.54) is 0 Å². The van der Waals surface area contributed by atoms with E-state index in [9.17, 15) is 21.0 Å². The van der Waals surface area contributed by atoms with Crippen LogP contribution in [0.4, 0.5) is 5.69 Å². The van der Waals surface area contributed by atoms with Gasteiger partial charge in [-0.1, -0.05) is 60.7 Å². The maximum atomic E-state index is 9.34. The molecule has 32 heavy (non-hydrogen) atoms. The number of rotatable bonds is 6. The number of nitriles is 4. The predicted molar refractivity (Wildman–Crippen MR) is 120 cm³/mol. The summed E-state index contributed by atoms with van der Waals surface area (Å²) in [5, 5.41) is 40.4. The minimum absolute atomic E-state index is 0.0431. The van der Waals surface area contributed by atoms with E-state index < -0.39 is 0 Å². The van der Waals surface area contributed by atoms with Crippen LogP contribution in [0.3, 0.4) is 0 Å². The average molecular weight is 413 g/mol. The summed E-state index contributed by atoms with van der Waals surface area (Å²) in [5.41, 5.74) is 2.15. The number of hydrogen-bond donors (Lipinski definition) is 1. The van der Waals surface area contributed by atoms with Crippen LogP contribution in [0.2, 0.25) is 0 Å². The SMILES string of the molecule is N#CC(C#N)=C(Nc1ccc(OC(=C(C#N)C#N)c2ccccc2)cc1)c1ccccc1. The molecule has 0 saturated heterocycles. The highest BCUT2D eigenvalue weighted by molar-refractivity contribution is 5.83. The van der Waals surface area contributed by atoms with Crippen molar-refractivity contribution in [1.82, 2.24) is 0 Å². The van der Waals surface area contributed by atoms with Gasteiger partial charge in [0.1, 0.15) is 30.0 Å². The molecule has 0 aliphatic heterocycles. The number of benzene rings is 3. The summed E-state index contributed by atoms with van der Waals surface area (Å²) in [4.78, 5) is 0. The molecule has 0 saturated carbocycles. The van der Waals surface area contributed by atoms with Crippen LogP contribution in [0.5, 0.6) is 5.75 Å². The van der Waals surface area contributed by atoms with E-state index in [4.69, 9.17) is 4.74 Å². The lowest BCUT2D eigenvalue weighted by Crippen LogP contribution is -2.02. The summed E-state index contributed by atoms with van der Waals surface area (Å²) in [6, 6.07) is 32.3. The summed E-state index contributed by atoms with van der Waals surface area (Å²) in [6.07, 6.45) is 0. The van der Waals surface area contributed by atoms with Gasteiger partial charge in [-0.05, 0) is 24.3 Å². The smallest absolute Gasteiger partial charge is 0.172 e. The average Bonchev–Trinajstić information content (AvgIpc) is 2.86. The molecule has 0 aliphatic carbocycles. The van der Waals surface area contributed by atoms with Gasteiger partial charge in [0.15, 0.2) is 16.9 Å². The number of hydrogen-bond acceptors (Lipinski definition) is 6. The fraction of sp³-hybridized carbons (Fsp3) is 0. The van der Waals surface area contributed by atoms with Gasteiger partial charge in [0.05, 0.1) is 5.70 Å². The molecule has 150 valence electrons. The Kier molecular flexibility index (Phi) is 7.00. The summed E-state index contributed by atoms with van der Waals surface area (Å²) >= 11 is 0. The Morgan fingerprint density at radius 2 is 1.09 bits per heavy atom. The van der Waals surface area contributed by atoms with Gasteiger partial charge in [-0.25, -0.2) is 0 Å². The molecule has 0 heterocycles. The quantitative estimate of drug-likeness (QED) is 0.427. The third-order valence-electron chi connectivity index (χ3n) is 4.37. The van der Waals surface area contributed by atoms with Gasteiger partial charge in [0.25, 0.3) is 0 Å². The maximum Gasteiger partial charge on any atom is 0.172 e. The predicted octanol–water partition coefficient (Wildman–Crippen LogP) is 5.39. The van der Waals surface area contributed by atoms with E-state index in [0.29, 0.717) is 28.3 Å². The van der Waals surface area contributed by atoms with Crippen molar-refractivity contribution in [3.8, 4) is 30.0 Å². The van der Waals surface area contributed by atoms with Gasteiger partial charge in [-0.3, -0.25) is 0 Å². The van der Waals surface area contributed by atoms with Gasteiger partial charge in [-0.2, -0.15) is 21.0 Å². The molecule has 0 unspecified atom stereocenters. The Bertz CT molecular complexity index is 1190. The zero-order valence-electron chi connectivity index (χ0n) is 16.8. The molecular formula is C26H15N5O. The number of ether oxygens (including phenoxy) is 1. The topological polar surface area (TPSA) is 116 Å². The van der Waals surface area contributed by atoms with Crippen LogP contribution in [0.25, 0.3) is 11.5 Å². The third-order valence-corrected chi connectivity index (χ3v) is 4.37. The van der Waals surface area contributed by atoms with Crippen molar-refractivity contribution >= 4 is 17.1 Å². The van der Waals surface area contributed by atoms with Crippen LogP contribution in [0.15, 0.2) is 96.1 Å². The summed E-state index contributed by atoms with van der Waals surface area (Å²) in [7, 11) is 0. The number of nitrogens with zero attached hydrogens (tertiary/aromatic N) is 4. The molecule has 6 heteroatoms. The van der Waals surface area contributed by atoms with E-state index in [2.05, 4.69) is 5.32 Å². The number of nitrogens with one attached hydrogen (secondary N) is 1. The molecule has 0 spiro atoms. The summed E-state index contributed by atoms with van der Waals surface area (Å²) in [6.45, 7) is 0. The first-order valence-electron chi connectivity index (χ1n) is 9.45. The lowest BCUT2D eigenvalue weighted by Gasteiger charge is -2.14. The van der Waals surface area contributed by atoms with Crippen LogP contribution in [0, 0.1) is 45.3 Å². The number of allylic oxidation sites excluding steroid dienone is 2. The monoisotopic (exact) mass is 413 g/mol. The lowest BCUT2D eigenvalue weighted by molar-refractivity contribution is 0.513. The van der Waals surface area contributed by atoms with Crippen molar-refractivity contribution in [3.63, 3.8) is 0 Å². The standard InChI is InChI=1S/C26H15N5O/c27-15-21(16-28)25(19-7-3-1-4-8-19)31-23-11-13-24(14-12-23)32-26(22(17-29)18-30)20-9-5-2-6-10-20/h1-14,31H. The Morgan fingerprint density at radius 1 is 0.594 bits per heavy atom. The van der Waals surface area contributed by atoms with E-state index in [1.807, 2.05) is 48.5 Å². The molecule has 3 aromatic rings.